The first kappa shape index (κ1) is 9.03. The molecule has 0 amide bonds. The van der Waals surface area contributed by atoms with Gasteiger partial charge in [-0.3, -0.25) is 4.40 Å². The molecule has 0 spiro atoms. The van der Waals surface area contributed by atoms with Crippen molar-refractivity contribution in [1.29, 1.82) is 0 Å². The highest BCUT2D eigenvalue weighted by Crippen LogP contribution is 2.31. The van der Waals surface area contributed by atoms with E-state index in [0.717, 1.165) is 22.9 Å². The summed E-state index contributed by atoms with van der Waals surface area (Å²) in [6.45, 7) is 0. The van der Waals surface area contributed by atoms with Gasteiger partial charge in [0.25, 0.3) is 0 Å². The maximum atomic E-state index is 5.70. The highest BCUT2D eigenvalue weighted by molar-refractivity contribution is 7.99. The SMILES string of the molecule is Nc1ccn2c(C3CCSC3)nnc2c1. The Hall–Kier alpha value is -1.23. The summed E-state index contributed by atoms with van der Waals surface area (Å²) in [5, 5.41) is 8.41. The third kappa shape index (κ3) is 1.47. The highest BCUT2D eigenvalue weighted by atomic mass is 32.2. The number of fused-ring (bicyclic) bond motifs is 1. The number of hydrogen-bond donors (Lipinski definition) is 1. The van der Waals surface area contributed by atoms with E-state index in [1.165, 1.54) is 12.2 Å². The fourth-order valence-corrected chi connectivity index (χ4v) is 3.16. The van der Waals surface area contributed by atoms with E-state index in [1.54, 1.807) is 0 Å². The van der Waals surface area contributed by atoms with Gasteiger partial charge in [0.2, 0.25) is 0 Å². The maximum absolute atomic E-state index is 5.70. The van der Waals surface area contributed by atoms with Crippen LogP contribution in [0.1, 0.15) is 18.2 Å². The second-order valence-corrected chi connectivity index (χ2v) is 4.96. The molecule has 0 aliphatic carbocycles. The molecule has 2 aromatic rings. The summed E-state index contributed by atoms with van der Waals surface area (Å²) in [4.78, 5) is 0. The lowest BCUT2D eigenvalue weighted by atomic mass is 10.1. The van der Waals surface area contributed by atoms with Crippen molar-refractivity contribution in [1.82, 2.24) is 14.6 Å². The Bertz CT molecular complexity index is 487. The van der Waals surface area contributed by atoms with Crippen molar-refractivity contribution in [2.75, 3.05) is 17.2 Å². The minimum absolute atomic E-state index is 0.550. The lowest BCUT2D eigenvalue weighted by Crippen LogP contribution is -2.03. The van der Waals surface area contributed by atoms with Crippen LogP contribution in [0.2, 0.25) is 0 Å². The van der Waals surface area contributed by atoms with Gasteiger partial charge in [0.15, 0.2) is 5.65 Å². The zero-order chi connectivity index (χ0) is 10.3. The second kappa shape index (κ2) is 3.41. The average Bonchev–Trinajstić information content (AvgIpc) is 2.82. The summed E-state index contributed by atoms with van der Waals surface area (Å²) in [5.74, 6) is 4.02. The van der Waals surface area contributed by atoms with Gasteiger partial charge in [-0.1, -0.05) is 0 Å². The van der Waals surface area contributed by atoms with Crippen molar-refractivity contribution in [2.24, 2.45) is 0 Å². The molecule has 1 atom stereocenters. The van der Waals surface area contributed by atoms with Crippen molar-refractivity contribution < 1.29 is 0 Å². The van der Waals surface area contributed by atoms with Crippen molar-refractivity contribution >= 4 is 23.1 Å². The van der Waals surface area contributed by atoms with Gasteiger partial charge >= 0.3 is 0 Å². The summed E-state index contributed by atoms with van der Waals surface area (Å²) < 4.78 is 2.05. The Labute approximate surface area is 91.9 Å². The zero-order valence-electron chi connectivity index (χ0n) is 8.26. The molecule has 3 rings (SSSR count). The molecular formula is C10H12N4S. The monoisotopic (exact) mass is 220 g/mol. The summed E-state index contributed by atoms with van der Waals surface area (Å²) in [6, 6.07) is 3.75. The van der Waals surface area contributed by atoms with Crippen LogP contribution in [0.3, 0.4) is 0 Å². The molecule has 78 valence electrons. The van der Waals surface area contributed by atoms with Crippen LogP contribution in [0.25, 0.3) is 5.65 Å². The normalized spacial score (nSPS) is 21.2. The first-order chi connectivity index (χ1) is 7.34. The predicted octanol–water partition coefficient (Wildman–Crippen LogP) is 1.53. The van der Waals surface area contributed by atoms with Crippen molar-refractivity contribution in [3.63, 3.8) is 0 Å². The first-order valence-corrected chi connectivity index (χ1v) is 6.18. The number of hydrogen-bond acceptors (Lipinski definition) is 4. The van der Waals surface area contributed by atoms with E-state index in [4.69, 9.17) is 5.73 Å². The molecule has 0 bridgehead atoms. The standard InChI is InChI=1S/C10H12N4S/c11-8-1-3-14-9(5-8)12-13-10(14)7-2-4-15-6-7/h1,3,5,7H,2,4,6,11H2. The van der Waals surface area contributed by atoms with E-state index in [2.05, 4.69) is 10.2 Å². The Balaban J connectivity index is 2.11. The molecule has 1 unspecified atom stereocenters. The van der Waals surface area contributed by atoms with E-state index in [1.807, 2.05) is 34.5 Å². The summed E-state index contributed by atoms with van der Waals surface area (Å²) in [7, 11) is 0. The Kier molecular flexibility index (Phi) is 2.05. The van der Waals surface area contributed by atoms with E-state index < -0.39 is 0 Å². The molecule has 5 heteroatoms. The van der Waals surface area contributed by atoms with E-state index in [0.29, 0.717) is 5.92 Å². The number of nitrogens with two attached hydrogens (primary N) is 1. The van der Waals surface area contributed by atoms with Gasteiger partial charge < -0.3 is 5.73 Å². The van der Waals surface area contributed by atoms with Crippen LogP contribution in [-0.2, 0) is 0 Å². The summed E-state index contributed by atoms with van der Waals surface area (Å²) >= 11 is 1.99. The van der Waals surface area contributed by atoms with Crippen LogP contribution >= 0.6 is 11.8 Å². The molecule has 1 fully saturated rings. The first-order valence-electron chi connectivity index (χ1n) is 5.02. The minimum Gasteiger partial charge on any atom is -0.399 e. The van der Waals surface area contributed by atoms with Gasteiger partial charge in [0.1, 0.15) is 5.82 Å². The highest BCUT2D eigenvalue weighted by Gasteiger charge is 2.22. The Morgan fingerprint density at radius 1 is 1.47 bits per heavy atom. The fraction of sp³-hybridized carbons (Fsp3) is 0.400. The van der Waals surface area contributed by atoms with Crippen molar-refractivity contribution in [3.8, 4) is 0 Å². The quantitative estimate of drug-likeness (QED) is 0.792. The second-order valence-electron chi connectivity index (χ2n) is 3.81. The van der Waals surface area contributed by atoms with Gasteiger partial charge in [0, 0.05) is 29.6 Å². The maximum Gasteiger partial charge on any atom is 0.162 e. The number of nitrogen functional groups attached to an aromatic ring is 1. The zero-order valence-corrected chi connectivity index (χ0v) is 9.07. The number of pyridine rings is 1. The minimum atomic E-state index is 0.550. The van der Waals surface area contributed by atoms with Gasteiger partial charge in [-0.25, -0.2) is 0 Å². The van der Waals surface area contributed by atoms with Gasteiger partial charge in [0.05, 0.1) is 0 Å². The molecule has 3 heterocycles. The molecule has 15 heavy (non-hydrogen) atoms. The molecule has 0 saturated carbocycles. The number of thioether (sulfide) groups is 1. The predicted molar refractivity (Wildman–Crippen MR) is 62.1 cm³/mol. The molecule has 4 nitrogen and oxygen atoms in total. The molecule has 2 aromatic heterocycles. The van der Waals surface area contributed by atoms with Crippen LogP contribution in [0.5, 0.6) is 0 Å². The summed E-state index contributed by atoms with van der Waals surface area (Å²) in [6.07, 6.45) is 3.17. The summed E-state index contributed by atoms with van der Waals surface area (Å²) in [5.41, 5.74) is 7.29. The molecular weight excluding hydrogens is 208 g/mol. The van der Waals surface area contributed by atoms with Gasteiger partial charge in [-0.2, -0.15) is 11.8 Å². The Morgan fingerprint density at radius 2 is 2.40 bits per heavy atom. The number of nitrogens with zero attached hydrogens (tertiary/aromatic N) is 3. The molecule has 2 N–H and O–H groups in total. The van der Waals surface area contributed by atoms with Crippen LogP contribution in [0, 0.1) is 0 Å². The third-order valence-corrected chi connectivity index (χ3v) is 3.92. The Morgan fingerprint density at radius 3 is 3.20 bits per heavy atom. The number of aromatic nitrogens is 3. The topological polar surface area (TPSA) is 56.2 Å². The van der Waals surface area contributed by atoms with Crippen LogP contribution < -0.4 is 5.73 Å². The number of rotatable bonds is 1. The lowest BCUT2D eigenvalue weighted by molar-refractivity contribution is 0.705. The fourth-order valence-electron chi connectivity index (χ4n) is 1.94. The molecule has 0 radical (unpaired) electrons. The van der Waals surface area contributed by atoms with Crippen LogP contribution in [-0.4, -0.2) is 26.1 Å². The smallest absolute Gasteiger partial charge is 0.162 e. The lowest BCUT2D eigenvalue weighted by Gasteiger charge is -2.05. The van der Waals surface area contributed by atoms with Crippen molar-refractivity contribution in [3.05, 3.63) is 24.2 Å². The van der Waals surface area contributed by atoms with E-state index in [9.17, 15) is 0 Å². The third-order valence-electron chi connectivity index (χ3n) is 2.76. The molecule has 1 saturated heterocycles. The van der Waals surface area contributed by atoms with Crippen molar-refractivity contribution in [2.45, 2.75) is 12.3 Å². The molecule has 0 aromatic carbocycles. The molecule has 1 aliphatic heterocycles. The van der Waals surface area contributed by atoms with E-state index in [-0.39, 0.29) is 0 Å². The van der Waals surface area contributed by atoms with Gasteiger partial charge in [-0.05, 0) is 18.2 Å². The molecule has 1 aliphatic rings. The van der Waals surface area contributed by atoms with Gasteiger partial charge in [-0.15, -0.1) is 10.2 Å². The van der Waals surface area contributed by atoms with Crippen LogP contribution in [0.15, 0.2) is 18.3 Å². The number of anilines is 1. The van der Waals surface area contributed by atoms with Crippen LogP contribution in [0.4, 0.5) is 5.69 Å². The van der Waals surface area contributed by atoms with E-state index >= 15 is 0 Å². The largest absolute Gasteiger partial charge is 0.399 e. The average molecular weight is 220 g/mol.